The summed E-state index contributed by atoms with van der Waals surface area (Å²) in [6.07, 6.45) is 0.261. The summed E-state index contributed by atoms with van der Waals surface area (Å²) in [6, 6.07) is 25.7. The molecule has 4 rings (SSSR count). The van der Waals surface area contributed by atoms with Crippen LogP contribution in [0.3, 0.4) is 0 Å². The topological polar surface area (TPSA) is 31.2 Å². The Kier molecular flexibility index (Phi) is 5.22. The van der Waals surface area contributed by atoms with Crippen molar-refractivity contribution in [3.8, 4) is 11.1 Å². The highest BCUT2D eigenvalue weighted by Gasteiger charge is 2.14. The number of carbonyl (C=O) groups is 1. The Hall–Kier alpha value is -3.33. The maximum Gasteiger partial charge on any atom is 0.311 e. The molecule has 0 bridgehead atoms. The van der Waals surface area contributed by atoms with Crippen molar-refractivity contribution in [2.45, 2.75) is 26.8 Å². The fourth-order valence-electron chi connectivity index (χ4n) is 3.76. The van der Waals surface area contributed by atoms with Crippen LogP contribution in [0.15, 0.2) is 72.8 Å². The van der Waals surface area contributed by atoms with E-state index in [1.807, 2.05) is 0 Å². The average molecular weight is 383 g/mol. The van der Waals surface area contributed by atoms with E-state index in [2.05, 4.69) is 91.2 Å². The number of ether oxygens (including phenoxy) is 1. The molecular formula is C26H25NO2. The smallest absolute Gasteiger partial charge is 0.311 e. The van der Waals surface area contributed by atoms with Gasteiger partial charge in [-0.2, -0.15) is 0 Å². The Morgan fingerprint density at radius 1 is 0.862 bits per heavy atom. The van der Waals surface area contributed by atoms with Crippen molar-refractivity contribution >= 4 is 16.9 Å². The lowest BCUT2D eigenvalue weighted by Gasteiger charge is -2.11. The normalized spacial score (nSPS) is 11.0. The van der Waals surface area contributed by atoms with Gasteiger partial charge in [0.1, 0.15) is 0 Å². The number of aromatic nitrogens is 1. The molecule has 0 unspecified atom stereocenters. The number of methoxy groups -OCH3 is 1. The van der Waals surface area contributed by atoms with Gasteiger partial charge in [0.25, 0.3) is 0 Å². The molecule has 0 amide bonds. The van der Waals surface area contributed by atoms with Crippen molar-refractivity contribution in [3.63, 3.8) is 0 Å². The van der Waals surface area contributed by atoms with Gasteiger partial charge in [0, 0.05) is 23.1 Å². The van der Waals surface area contributed by atoms with Crippen LogP contribution in [-0.4, -0.2) is 17.6 Å². The van der Waals surface area contributed by atoms with Gasteiger partial charge >= 0.3 is 5.97 Å². The first-order chi connectivity index (χ1) is 14.0. The van der Waals surface area contributed by atoms with Crippen molar-refractivity contribution in [3.05, 3.63) is 95.2 Å². The van der Waals surface area contributed by atoms with Crippen molar-refractivity contribution < 1.29 is 9.53 Å². The Morgan fingerprint density at radius 2 is 1.62 bits per heavy atom. The van der Waals surface area contributed by atoms with Crippen LogP contribution in [0.4, 0.5) is 0 Å². The van der Waals surface area contributed by atoms with E-state index in [1.54, 1.807) is 0 Å². The molecule has 146 valence electrons. The molecule has 0 aliphatic carbocycles. The molecule has 0 aliphatic rings. The van der Waals surface area contributed by atoms with Crippen molar-refractivity contribution in [1.29, 1.82) is 0 Å². The maximum atomic E-state index is 12.0. The van der Waals surface area contributed by atoms with E-state index in [4.69, 9.17) is 4.74 Å². The summed E-state index contributed by atoms with van der Waals surface area (Å²) in [5.74, 6) is -0.225. The molecule has 0 saturated carbocycles. The first-order valence-electron chi connectivity index (χ1n) is 9.85. The molecule has 0 N–H and O–H groups in total. The number of rotatable bonds is 5. The summed E-state index contributed by atoms with van der Waals surface area (Å²) in [5, 5.41) is 1.13. The van der Waals surface area contributed by atoms with Crippen LogP contribution in [-0.2, 0) is 22.5 Å². The largest absolute Gasteiger partial charge is 0.469 e. The highest BCUT2D eigenvalue weighted by atomic mass is 16.5. The quantitative estimate of drug-likeness (QED) is 0.415. The zero-order chi connectivity index (χ0) is 20.4. The molecule has 0 aliphatic heterocycles. The molecule has 1 heterocycles. The highest BCUT2D eigenvalue weighted by molar-refractivity contribution is 5.88. The molecule has 0 atom stereocenters. The van der Waals surface area contributed by atoms with E-state index in [0.717, 1.165) is 23.1 Å². The number of hydrogen-bond donors (Lipinski definition) is 0. The van der Waals surface area contributed by atoms with Crippen LogP contribution >= 0.6 is 0 Å². The Morgan fingerprint density at radius 3 is 2.34 bits per heavy atom. The van der Waals surface area contributed by atoms with Gasteiger partial charge in [-0.05, 0) is 48.7 Å². The van der Waals surface area contributed by atoms with Gasteiger partial charge in [-0.1, -0.05) is 65.7 Å². The molecule has 1 aromatic heterocycles. The average Bonchev–Trinajstić information content (AvgIpc) is 3.05. The number of fused-ring (bicyclic) bond motifs is 1. The zero-order valence-corrected chi connectivity index (χ0v) is 17.1. The third-order valence-corrected chi connectivity index (χ3v) is 5.35. The third kappa shape index (κ3) is 4.09. The van der Waals surface area contributed by atoms with Crippen LogP contribution in [0.2, 0.25) is 0 Å². The molecule has 0 radical (unpaired) electrons. The molecule has 3 nitrogen and oxygen atoms in total. The van der Waals surface area contributed by atoms with Crippen molar-refractivity contribution in [2.75, 3.05) is 7.11 Å². The molecule has 0 saturated heterocycles. The van der Waals surface area contributed by atoms with E-state index < -0.39 is 0 Å². The summed E-state index contributed by atoms with van der Waals surface area (Å²) in [4.78, 5) is 12.0. The van der Waals surface area contributed by atoms with Gasteiger partial charge in [-0.25, -0.2) is 0 Å². The summed E-state index contributed by atoms with van der Waals surface area (Å²) in [5.41, 5.74) is 8.16. The Balaban J connectivity index is 1.79. The summed E-state index contributed by atoms with van der Waals surface area (Å²) < 4.78 is 7.14. The number of nitrogens with zero attached hydrogens (tertiary/aromatic N) is 1. The lowest BCUT2D eigenvalue weighted by atomic mass is 10.0. The minimum absolute atomic E-state index is 0.225. The van der Waals surface area contributed by atoms with E-state index in [1.165, 1.54) is 34.9 Å². The molecular weight excluding hydrogens is 358 g/mol. The fraction of sp³-hybridized carbons (Fsp3) is 0.192. The predicted octanol–water partition coefficient (Wildman–Crippen LogP) is 5.69. The lowest BCUT2D eigenvalue weighted by Crippen LogP contribution is -2.11. The fourth-order valence-corrected chi connectivity index (χ4v) is 3.76. The van der Waals surface area contributed by atoms with Gasteiger partial charge in [0.05, 0.1) is 13.5 Å². The zero-order valence-electron chi connectivity index (χ0n) is 17.1. The monoisotopic (exact) mass is 383 g/mol. The molecule has 3 aromatic carbocycles. The molecule has 0 spiro atoms. The number of esters is 1. The number of benzene rings is 3. The van der Waals surface area contributed by atoms with Crippen molar-refractivity contribution in [1.82, 2.24) is 4.57 Å². The third-order valence-electron chi connectivity index (χ3n) is 5.35. The van der Waals surface area contributed by atoms with Gasteiger partial charge in [0.2, 0.25) is 0 Å². The first kappa shape index (κ1) is 19.0. The lowest BCUT2D eigenvalue weighted by molar-refractivity contribution is -0.139. The minimum Gasteiger partial charge on any atom is -0.469 e. The summed E-state index contributed by atoms with van der Waals surface area (Å²) in [7, 11) is 1.44. The van der Waals surface area contributed by atoms with Crippen LogP contribution in [0, 0.1) is 13.8 Å². The molecule has 3 heteroatoms. The van der Waals surface area contributed by atoms with Crippen LogP contribution in [0.1, 0.15) is 22.4 Å². The molecule has 29 heavy (non-hydrogen) atoms. The van der Waals surface area contributed by atoms with Crippen LogP contribution in [0.25, 0.3) is 22.0 Å². The molecule has 0 fully saturated rings. The first-order valence-corrected chi connectivity index (χ1v) is 9.85. The summed E-state index contributed by atoms with van der Waals surface area (Å²) >= 11 is 0. The second kappa shape index (κ2) is 7.96. The van der Waals surface area contributed by atoms with Gasteiger partial charge < -0.3 is 9.30 Å². The molecule has 4 aromatic rings. The Bertz CT molecular complexity index is 1170. The van der Waals surface area contributed by atoms with E-state index in [0.29, 0.717) is 0 Å². The number of carbonyl (C=O) groups excluding carboxylic acids is 1. The van der Waals surface area contributed by atoms with Crippen LogP contribution in [0.5, 0.6) is 0 Å². The summed E-state index contributed by atoms with van der Waals surface area (Å²) in [6.45, 7) is 4.92. The van der Waals surface area contributed by atoms with E-state index >= 15 is 0 Å². The van der Waals surface area contributed by atoms with E-state index in [9.17, 15) is 4.79 Å². The second-order valence-corrected chi connectivity index (χ2v) is 7.60. The highest BCUT2D eigenvalue weighted by Crippen LogP contribution is 2.28. The van der Waals surface area contributed by atoms with Crippen molar-refractivity contribution in [2.24, 2.45) is 0 Å². The number of hydrogen-bond acceptors (Lipinski definition) is 2. The van der Waals surface area contributed by atoms with E-state index in [-0.39, 0.29) is 12.4 Å². The van der Waals surface area contributed by atoms with Crippen LogP contribution < -0.4 is 0 Å². The second-order valence-electron chi connectivity index (χ2n) is 7.60. The number of aryl methyl sites for hydroxylation is 2. The minimum atomic E-state index is -0.225. The predicted molar refractivity (Wildman–Crippen MR) is 118 cm³/mol. The maximum absolute atomic E-state index is 12.0. The SMILES string of the molecule is COC(=O)Cc1cc2cc(-c3cccc(C)c3)ccc2n1Cc1ccc(C)cc1. The standard InChI is InChI=1S/C26H25NO2/c1-18-7-9-20(10-8-18)17-27-24(16-26(28)29-3)15-23-14-22(11-12-25(23)27)21-6-4-5-19(2)13-21/h4-15H,16-17H2,1-3H3. The van der Waals surface area contributed by atoms with Gasteiger partial charge in [-0.3, -0.25) is 4.79 Å². The van der Waals surface area contributed by atoms with Gasteiger partial charge in [0.15, 0.2) is 0 Å². The Labute approximate surface area is 171 Å². The van der Waals surface area contributed by atoms with Gasteiger partial charge in [-0.15, -0.1) is 0 Å².